The lowest BCUT2D eigenvalue weighted by atomic mass is 9.98. The number of benzene rings is 1. The van der Waals surface area contributed by atoms with Crippen molar-refractivity contribution in [3.63, 3.8) is 0 Å². The number of hydrogen-bond acceptors (Lipinski definition) is 3. The van der Waals surface area contributed by atoms with Crippen LogP contribution >= 0.6 is 0 Å². The molecule has 0 aromatic heterocycles. The Bertz CT molecular complexity index is 502. The largest absolute Gasteiger partial charge is 0.393 e. The van der Waals surface area contributed by atoms with Crippen molar-refractivity contribution in [1.82, 2.24) is 10.2 Å². The van der Waals surface area contributed by atoms with E-state index in [1.807, 2.05) is 20.8 Å². The summed E-state index contributed by atoms with van der Waals surface area (Å²) in [5.74, 6) is 0.281. The summed E-state index contributed by atoms with van der Waals surface area (Å²) in [6, 6.07) is 8.31. The van der Waals surface area contributed by atoms with E-state index in [1.165, 1.54) is 11.1 Å². The number of nitrogens with one attached hydrogen (secondary N) is 1. The first-order valence-corrected chi connectivity index (χ1v) is 8.25. The first kappa shape index (κ1) is 17.0. The van der Waals surface area contributed by atoms with Gasteiger partial charge in [0.05, 0.1) is 12.1 Å². The lowest BCUT2D eigenvalue weighted by molar-refractivity contribution is -0.126. The van der Waals surface area contributed by atoms with Gasteiger partial charge in [-0.1, -0.05) is 38.1 Å². The third kappa shape index (κ3) is 4.31. The molecule has 0 radical (unpaired) electrons. The summed E-state index contributed by atoms with van der Waals surface area (Å²) in [4.78, 5) is 14.5. The molecule has 0 aliphatic carbocycles. The van der Waals surface area contributed by atoms with Crippen LogP contribution in [0.15, 0.2) is 24.3 Å². The molecule has 1 heterocycles. The first-order chi connectivity index (χ1) is 10.5. The fraction of sp³-hybridized carbons (Fsp3) is 0.611. The number of aliphatic hydroxyl groups excluding tert-OH is 1. The van der Waals surface area contributed by atoms with E-state index in [1.54, 1.807) is 0 Å². The Morgan fingerprint density at radius 2 is 1.95 bits per heavy atom. The van der Waals surface area contributed by atoms with E-state index in [0.717, 1.165) is 19.5 Å². The Morgan fingerprint density at radius 3 is 2.64 bits per heavy atom. The van der Waals surface area contributed by atoms with Gasteiger partial charge in [0.2, 0.25) is 5.91 Å². The van der Waals surface area contributed by atoms with Gasteiger partial charge in [-0.2, -0.15) is 0 Å². The number of amides is 1. The molecule has 2 rings (SSSR count). The van der Waals surface area contributed by atoms with E-state index in [-0.39, 0.29) is 24.0 Å². The molecule has 4 nitrogen and oxygen atoms in total. The maximum absolute atomic E-state index is 12.3. The van der Waals surface area contributed by atoms with E-state index < -0.39 is 0 Å². The van der Waals surface area contributed by atoms with Crippen molar-refractivity contribution in [1.29, 1.82) is 0 Å². The van der Waals surface area contributed by atoms with Crippen LogP contribution in [-0.2, 0) is 17.8 Å². The number of carbonyl (C=O) groups excluding carboxylic acids is 1. The fourth-order valence-electron chi connectivity index (χ4n) is 2.84. The zero-order chi connectivity index (χ0) is 16.1. The van der Waals surface area contributed by atoms with Gasteiger partial charge in [-0.25, -0.2) is 0 Å². The van der Waals surface area contributed by atoms with Gasteiger partial charge < -0.3 is 10.4 Å². The van der Waals surface area contributed by atoms with Gasteiger partial charge in [0.25, 0.3) is 0 Å². The third-order valence-corrected chi connectivity index (χ3v) is 4.60. The zero-order valence-electron chi connectivity index (χ0n) is 13.9. The summed E-state index contributed by atoms with van der Waals surface area (Å²) in [6.07, 6.45) is 1.26. The standard InChI is InChI=1S/C18H28N2O2/c1-13(2)17(21)8-10-19-18(22)14(3)20-11-9-15-6-4-5-7-16(15)12-20/h4-7,13-14,17,21H,8-12H2,1-3H3,(H,19,22). The number of aliphatic hydroxyl groups is 1. The Labute approximate surface area is 133 Å². The predicted octanol–water partition coefficient (Wildman–Crippen LogP) is 1.96. The lowest BCUT2D eigenvalue weighted by Crippen LogP contribution is -2.47. The highest BCUT2D eigenvalue weighted by molar-refractivity contribution is 5.81. The molecule has 2 unspecified atom stereocenters. The van der Waals surface area contributed by atoms with Gasteiger partial charge in [-0.15, -0.1) is 0 Å². The molecule has 2 N–H and O–H groups in total. The summed E-state index contributed by atoms with van der Waals surface area (Å²) in [5.41, 5.74) is 2.72. The molecular weight excluding hydrogens is 276 g/mol. The van der Waals surface area contributed by atoms with Gasteiger partial charge in [0, 0.05) is 19.6 Å². The molecule has 0 bridgehead atoms. The number of carbonyl (C=O) groups is 1. The highest BCUT2D eigenvalue weighted by Crippen LogP contribution is 2.20. The van der Waals surface area contributed by atoms with E-state index >= 15 is 0 Å². The molecule has 0 fully saturated rings. The van der Waals surface area contributed by atoms with Crippen LogP contribution in [0, 0.1) is 5.92 Å². The molecule has 122 valence electrons. The van der Waals surface area contributed by atoms with Crippen LogP contribution in [0.3, 0.4) is 0 Å². The maximum atomic E-state index is 12.3. The van der Waals surface area contributed by atoms with Gasteiger partial charge in [-0.05, 0) is 36.8 Å². The second-order valence-corrected chi connectivity index (χ2v) is 6.56. The Balaban J connectivity index is 1.82. The quantitative estimate of drug-likeness (QED) is 0.845. The smallest absolute Gasteiger partial charge is 0.237 e. The van der Waals surface area contributed by atoms with Crippen LogP contribution in [-0.4, -0.2) is 41.1 Å². The van der Waals surface area contributed by atoms with Crippen molar-refractivity contribution in [2.45, 2.75) is 52.3 Å². The van der Waals surface area contributed by atoms with Gasteiger partial charge in [0.15, 0.2) is 0 Å². The fourth-order valence-corrected chi connectivity index (χ4v) is 2.84. The normalized spacial score (nSPS) is 17.9. The summed E-state index contributed by atoms with van der Waals surface area (Å²) >= 11 is 0. The van der Waals surface area contributed by atoms with Crippen molar-refractivity contribution in [2.24, 2.45) is 5.92 Å². The monoisotopic (exact) mass is 304 g/mol. The number of hydrogen-bond donors (Lipinski definition) is 2. The molecule has 0 spiro atoms. The predicted molar refractivity (Wildman–Crippen MR) is 88.5 cm³/mol. The zero-order valence-corrected chi connectivity index (χ0v) is 13.9. The van der Waals surface area contributed by atoms with Crippen LogP contribution < -0.4 is 5.32 Å². The average molecular weight is 304 g/mol. The summed E-state index contributed by atoms with van der Waals surface area (Å²) in [5, 5.41) is 12.7. The van der Waals surface area contributed by atoms with E-state index in [4.69, 9.17) is 0 Å². The summed E-state index contributed by atoms with van der Waals surface area (Å²) in [6.45, 7) is 8.22. The lowest BCUT2D eigenvalue weighted by Gasteiger charge is -2.33. The Morgan fingerprint density at radius 1 is 1.27 bits per heavy atom. The number of fused-ring (bicyclic) bond motifs is 1. The van der Waals surface area contributed by atoms with Crippen LogP contribution in [0.1, 0.15) is 38.3 Å². The van der Waals surface area contributed by atoms with Crippen LogP contribution in [0.2, 0.25) is 0 Å². The highest BCUT2D eigenvalue weighted by Gasteiger charge is 2.25. The molecule has 4 heteroatoms. The van der Waals surface area contributed by atoms with Crippen molar-refractivity contribution >= 4 is 5.91 Å². The number of rotatable bonds is 6. The Hall–Kier alpha value is -1.39. The molecule has 0 saturated heterocycles. The molecule has 1 aromatic carbocycles. The van der Waals surface area contributed by atoms with Crippen LogP contribution in [0.4, 0.5) is 0 Å². The Kier molecular flexibility index (Phi) is 5.98. The topological polar surface area (TPSA) is 52.6 Å². The molecular formula is C18H28N2O2. The van der Waals surface area contributed by atoms with Gasteiger partial charge in [-0.3, -0.25) is 9.69 Å². The first-order valence-electron chi connectivity index (χ1n) is 8.25. The number of nitrogens with zero attached hydrogens (tertiary/aromatic N) is 1. The van der Waals surface area contributed by atoms with Crippen molar-refractivity contribution in [3.05, 3.63) is 35.4 Å². The van der Waals surface area contributed by atoms with E-state index in [9.17, 15) is 9.90 Å². The van der Waals surface area contributed by atoms with Crippen molar-refractivity contribution in [3.8, 4) is 0 Å². The van der Waals surface area contributed by atoms with E-state index in [0.29, 0.717) is 13.0 Å². The summed E-state index contributed by atoms with van der Waals surface area (Å²) < 4.78 is 0. The van der Waals surface area contributed by atoms with Gasteiger partial charge >= 0.3 is 0 Å². The molecule has 2 atom stereocenters. The SMILES string of the molecule is CC(C)C(O)CCNC(=O)C(C)N1CCc2ccccc2C1. The van der Waals surface area contributed by atoms with Gasteiger partial charge in [0.1, 0.15) is 0 Å². The van der Waals surface area contributed by atoms with Crippen LogP contribution in [0.25, 0.3) is 0 Å². The van der Waals surface area contributed by atoms with Crippen molar-refractivity contribution in [2.75, 3.05) is 13.1 Å². The summed E-state index contributed by atoms with van der Waals surface area (Å²) in [7, 11) is 0. The average Bonchev–Trinajstić information content (AvgIpc) is 2.53. The second-order valence-electron chi connectivity index (χ2n) is 6.56. The minimum absolute atomic E-state index is 0.0512. The molecule has 0 saturated carbocycles. The van der Waals surface area contributed by atoms with E-state index in [2.05, 4.69) is 34.5 Å². The molecule has 22 heavy (non-hydrogen) atoms. The molecule has 1 amide bonds. The highest BCUT2D eigenvalue weighted by atomic mass is 16.3. The molecule has 1 aliphatic rings. The molecule has 1 aromatic rings. The maximum Gasteiger partial charge on any atom is 0.237 e. The minimum atomic E-state index is -0.350. The van der Waals surface area contributed by atoms with Crippen LogP contribution in [0.5, 0.6) is 0 Å². The molecule has 1 aliphatic heterocycles. The third-order valence-electron chi connectivity index (χ3n) is 4.60. The van der Waals surface area contributed by atoms with Crippen molar-refractivity contribution < 1.29 is 9.90 Å². The minimum Gasteiger partial charge on any atom is -0.393 e. The second kappa shape index (κ2) is 7.75.